The Hall–Kier alpha value is -1.10. The number of hydrogen-bond acceptors (Lipinski definition) is 3. The molecular formula is C12H15BrN2O2. The highest BCUT2D eigenvalue weighted by atomic mass is 79.9. The minimum atomic E-state index is -0.304. The maximum atomic E-state index is 11.6. The zero-order valence-corrected chi connectivity index (χ0v) is 11.3. The van der Waals surface area contributed by atoms with Crippen LogP contribution in [0.4, 0.5) is 0 Å². The van der Waals surface area contributed by atoms with Gasteiger partial charge in [-0.1, -0.05) is 6.92 Å². The molecule has 0 bridgehead atoms. The van der Waals surface area contributed by atoms with Crippen molar-refractivity contribution in [1.82, 2.24) is 5.43 Å². The average molecular weight is 299 g/mol. The molecule has 4 nitrogen and oxygen atoms in total. The molecule has 0 aliphatic heterocycles. The number of nitrogens with zero attached hydrogens (tertiary/aromatic N) is 1. The van der Waals surface area contributed by atoms with Crippen LogP contribution in [0.15, 0.2) is 26.3 Å². The van der Waals surface area contributed by atoms with E-state index in [9.17, 15) is 4.79 Å². The highest BCUT2D eigenvalue weighted by Gasteiger charge is 2.15. The van der Waals surface area contributed by atoms with Crippen LogP contribution in [-0.2, 0) is 0 Å². The number of halogens is 1. The Balaban J connectivity index is 1.93. The molecule has 0 saturated heterocycles. The lowest BCUT2D eigenvalue weighted by molar-refractivity contribution is 0.0925. The second-order valence-electron chi connectivity index (χ2n) is 4.42. The van der Waals surface area contributed by atoms with E-state index >= 15 is 0 Å². The molecule has 1 aromatic rings. The first-order valence-electron chi connectivity index (χ1n) is 5.76. The Morgan fingerprint density at radius 2 is 2.41 bits per heavy atom. The molecule has 0 radical (unpaired) electrons. The van der Waals surface area contributed by atoms with Gasteiger partial charge in [-0.3, -0.25) is 4.79 Å². The van der Waals surface area contributed by atoms with E-state index < -0.39 is 0 Å². The third kappa shape index (κ3) is 3.43. The number of amides is 1. The van der Waals surface area contributed by atoms with Gasteiger partial charge in [0, 0.05) is 5.71 Å². The van der Waals surface area contributed by atoms with Crippen molar-refractivity contribution in [1.29, 1.82) is 0 Å². The van der Waals surface area contributed by atoms with E-state index in [2.05, 4.69) is 33.4 Å². The van der Waals surface area contributed by atoms with Gasteiger partial charge in [0.15, 0.2) is 10.4 Å². The molecule has 1 fully saturated rings. The summed E-state index contributed by atoms with van der Waals surface area (Å²) in [5.41, 5.74) is 3.61. The average Bonchev–Trinajstić information content (AvgIpc) is 2.73. The molecular weight excluding hydrogens is 284 g/mol. The van der Waals surface area contributed by atoms with Gasteiger partial charge < -0.3 is 4.42 Å². The lowest BCUT2D eigenvalue weighted by Crippen LogP contribution is -2.21. The fraction of sp³-hybridized carbons (Fsp3) is 0.500. The fourth-order valence-corrected chi connectivity index (χ4v) is 2.29. The number of nitrogens with one attached hydrogen (secondary N) is 1. The molecule has 0 aromatic carbocycles. The van der Waals surface area contributed by atoms with Crippen LogP contribution in [0.2, 0.25) is 0 Å². The summed E-state index contributed by atoms with van der Waals surface area (Å²) >= 11 is 3.15. The summed E-state index contributed by atoms with van der Waals surface area (Å²) in [6.07, 6.45) is 4.36. The van der Waals surface area contributed by atoms with Crippen molar-refractivity contribution in [2.24, 2.45) is 11.0 Å². The Bertz CT molecular complexity index is 439. The number of furan rings is 1. The number of carbonyl (C=O) groups is 1. The molecule has 1 heterocycles. The van der Waals surface area contributed by atoms with E-state index in [0.29, 0.717) is 10.6 Å². The lowest BCUT2D eigenvalue weighted by Gasteiger charge is -2.18. The van der Waals surface area contributed by atoms with Gasteiger partial charge in [-0.05, 0) is 59.7 Å². The zero-order valence-electron chi connectivity index (χ0n) is 9.70. The van der Waals surface area contributed by atoms with Gasteiger partial charge in [0.05, 0.1) is 0 Å². The van der Waals surface area contributed by atoms with Crippen molar-refractivity contribution in [3.05, 3.63) is 22.6 Å². The van der Waals surface area contributed by atoms with E-state index in [-0.39, 0.29) is 11.7 Å². The van der Waals surface area contributed by atoms with Crippen LogP contribution in [0.5, 0.6) is 0 Å². The minimum absolute atomic E-state index is 0.269. The summed E-state index contributed by atoms with van der Waals surface area (Å²) in [5.74, 6) is 0.628. The predicted octanol–water partition coefficient (Wildman–Crippen LogP) is 3.34. The van der Waals surface area contributed by atoms with Gasteiger partial charge in [0.2, 0.25) is 0 Å². The van der Waals surface area contributed by atoms with Gasteiger partial charge in [-0.2, -0.15) is 5.10 Å². The molecule has 1 aliphatic carbocycles. The molecule has 0 spiro atoms. The molecule has 1 atom stereocenters. The van der Waals surface area contributed by atoms with Crippen molar-refractivity contribution < 1.29 is 9.21 Å². The van der Waals surface area contributed by atoms with Gasteiger partial charge in [-0.15, -0.1) is 0 Å². The second kappa shape index (κ2) is 5.49. The van der Waals surface area contributed by atoms with Gasteiger partial charge in [0.25, 0.3) is 0 Å². The molecule has 17 heavy (non-hydrogen) atoms. The quantitative estimate of drug-likeness (QED) is 0.852. The Labute approximate surface area is 109 Å². The summed E-state index contributed by atoms with van der Waals surface area (Å²) in [6, 6.07) is 3.30. The Morgan fingerprint density at radius 1 is 1.59 bits per heavy atom. The van der Waals surface area contributed by atoms with Crippen LogP contribution in [0, 0.1) is 5.92 Å². The molecule has 5 heteroatoms. The summed E-state index contributed by atoms with van der Waals surface area (Å²) < 4.78 is 5.68. The number of rotatable bonds is 2. The maximum absolute atomic E-state index is 11.6. The van der Waals surface area contributed by atoms with Crippen LogP contribution < -0.4 is 5.43 Å². The zero-order chi connectivity index (χ0) is 12.3. The molecule has 1 aromatic heterocycles. The molecule has 0 unspecified atom stereocenters. The van der Waals surface area contributed by atoms with E-state index in [4.69, 9.17) is 4.42 Å². The highest BCUT2D eigenvalue weighted by molar-refractivity contribution is 9.10. The Kier molecular flexibility index (Phi) is 3.99. The van der Waals surface area contributed by atoms with Crippen molar-refractivity contribution in [3.63, 3.8) is 0 Å². The summed E-state index contributed by atoms with van der Waals surface area (Å²) in [7, 11) is 0. The van der Waals surface area contributed by atoms with Crippen LogP contribution in [0.3, 0.4) is 0 Å². The lowest BCUT2D eigenvalue weighted by atomic mass is 9.89. The maximum Gasteiger partial charge on any atom is 0.307 e. The van der Waals surface area contributed by atoms with E-state index in [1.807, 2.05) is 0 Å². The van der Waals surface area contributed by atoms with E-state index in [1.165, 1.54) is 6.42 Å². The summed E-state index contributed by atoms with van der Waals surface area (Å²) in [6.45, 7) is 2.21. The van der Waals surface area contributed by atoms with Crippen LogP contribution >= 0.6 is 15.9 Å². The predicted molar refractivity (Wildman–Crippen MR) is 68.9 cm³/mol. The molecule has 1 aliphatic rings. The van der Waals surface area contributed by atoms with Gasteiger partial charge in [-0.25, -0.2) is 5.43 Å². The first-order valence-corrected chi connectivity index (χ1v) is 6.55. The highest BCUT2D eigenvalue weighted by Crippen LogP contribution is 2.21. The van der Waals surface area contributed by atoms with Crippen molar-refractivity contribution >= 4 is 27.5 Å². The first kappa shape index (κ1) is 12.4. The standard InChI is InChI=1S/C12H15BrN2O2/c1-8-3-2-4-9(7-8)14-15-12(16)10-5-6-11(13)17-10/h5-6,8H,2-4,7H2,1H3,(H,15,16)/b14-9+/t8-/m0/s1. The monoisotopic (exact) mass is 298 g/mol. The smallest absolute Gasteiger partial charge is 0.307 e. The van der Waals surface area contributed by atoms with Crippen molar-refractivity contribution in [2.45, 2.75) is 32.6 Å². The SMILES string of the molecule is C[C@H]1CCC/C(=N\NC(=O)c2ccc(Br)o2)C1. The number of hydrazone groups is 1. The van der Waals surface area contributed by atoms with Crippen LogP contribution in [0.1, 0.15) is 43.2 Å². The van der Waals surface area contributed by atoms with E-state index in [0.717, 1.165) is 25.0 Å². The summed E-state index contributed by atoms with van der Waals surface area (Å²) in [5, 5.41) is 4.16. The molecule has 1 N–H and O–H groups in total. The molecule has 92 valence electrons. The topological polar surface area (TPSA) is 54.6 Å². The van der Waals surface area contributed by atoms with Crippen LogP contribution in [0.25, 0.3) is 0 Å². The summed E-state index contributed by atoms with van der Waals surface area (Å²) in [4.78, 5) is 11.6. The Morgan fingerprint density at radius 3 is 3.06 bits per heavy atom. The molecule has 1 amide bonds. The normalized spacial score (nSPS) is 22.7. The van der Waals surface area contributed by atoms with E-state index in [1.54, 1.807) is 12.1 Å². The number of hydrogen-bond donors (Lipinski definition) is 1. The van der Waals surface area contributed by atoms with Gasteiger partial charge >= 0.3 is 5.91 Å². The fourth-order valence-electron chi connectivity index (χ4n) is 1.98. The van der Waals surface area contributed by atoms with Crippen molar-refractivity contribution in [3.8, 4) is 0 Å². The molecule has 1 saturated carbocycles. The number of carbonyl (C=O) groups excluding carboxylic acids is 1. The third-order valence-electron chi connectivity index (χ3n) is 2.86. The third-order valence-corrected chi connectivity index (χ3v) is 3.29. The first-order chi connectivity index (χ1) is 8.15. The molecule has 2 rings (SSSR count). The largest absolute Gasteiger partial charge is 0.444 e. The second-order valence-corrected chi connectivity index (χ2v) is 5.21. The van der Waals surface area contributed by atoms with Gasteiger partial charge in [0.1, 0.15) is 0 Å². The van der Waals surface area contributed by atoms with Crippen LogP contribution in [-0.4, -0.2) is 11.6 Å². The minimum Gasteiger partial charge on any atom is -0.444 e. The van der Waals surface area contributed by atoms with Crippen molar-refractivity contribution in [2.75, 3.05) is 0 Å².